The number of carbonyl (C=O) groups is 1. The molecule has 0 radical (unpaired) electrons. The van der Waals surface area contributed by atoms with Crippen LogP contribution in [0.15, 0.2) is 46.9 Å². The van der Waals surface area contributed by atoms with E-state index in [0.29, 0.717) is 16.3 Å². The molecule has 1 fully saturated rings. The quantitative estimate of drug-likeness (QED) is 0.823. The standard InChI is InChI=1S/C18H18BrClN2O2/c19-16-6-5-15(11-17(16)20)21-18(23)14-3-1-13(2-4-14)12-22-7-9-24-10-8-22/h1-6,11H,7-10,12H2,(H,21,23). The fourth-order valence-corrected chi connectivity index (χ4v) is 2.98. The van der Waals surface area contributed by atoms with Gasteiger partial charge < -0.3 is 10.1 Å². The second-order valence-electron chi connectivity index (χ2n) is 5.67. The van der Waals surface area contributed by atoms with Gasteiger partial charge in [0.25, 0.3) is 5.91 Å². The Morgan fingerprint density at radius 2 is 1.88 bits per heavy atom. The minimum Gasteiger partial charge on any atom is -0.379 e. The summed E-state index contributed by atoms with van der Waals surface area (Å²) in [6.45, 7) is 4.36. The minimum absolute atomic E-state index is 0.147. The van der Waals surface area contributed by atoms with Crippen LogP contribution < -0.4 is 5.32 Å². The molecule has 24 heavy (non-hydrogen) atoms. The number of hydrogen-bond acceptors (Lipinski definition) is 3. The van der Waals surface area contributed by atoms with Crippen molar-refractivity contribution in [3.63, 3.8) is 0 Å². The monoisotopic (exact) mass is 408 g/mol. The normalized spacial score (nSPS) is 15.2. The molecule has 1 amide bonds. The lowest BCUT2D eigenvalue weighted by Crippen LogP contribution is -2.35. The Labute approximate surface area is 154 Å². The van der Waals surface area contributed by atoms with E-state index in [4.69, 9.17) is 16.3 Å². The Morgan fingerprint density at radius 3 is 2.54 bits per heavy atom. The van der Waals surface area contributed by atoms with E-state index in [0.717, 1.165) is 37.3 Å². The van der Waals surface area contributed by atoms with Crippen LogP contribution in [0.5, 0.6) is 0 Å². The van der Waals surface area contributed by atoms with Gasteiger partial charge in [-0.25, -0.2) is 0 Å². The molecule has 0 aromatic heterocycles. The van der Waals surface area contributed by atoms with Gasteiger partial charge in [0.05, 0.1) is 18.2 Å². The Morgan fingerprint density at radius 1 is 1.17 bits per heavy atom. The largest absolute Gasteiger partial charge is 0.379 e. The summed E-state index contributed by atoms with van der Waals surface area (Å²) in [5.41, 5.74) is 2.49. The van der Waals surface area contributed by atoms with Crippen LogP contribution in [-0.4, -0.2) is 37.1 Å². The van der Waals surface area contributed by atoms with Gasteiger partial charge in [0.2, 0.25) is 0 Å². The molecule has 2 aromatic rings. The molecule has 1 saturated heterocycles. The number of ether oxygens (including phenoxy) is 1. The summed E-state index contributed by atoms with van der Waals surface area (Å²) >= 11 is 9.38. The molecule has 0 unspecified atom stereocenters. The lowest BCUT2D eigenvalue weighted by Gasteiger charge is -2.26. The molecular weight excluding hydrogens is 392 g/mol. The number of anilines is 1. The minimum atomic E-state index is -0.147. The zero-order chi connectivity index (χ0) is 16.9. The third kappa shape index (κ3) is 4.57. The van der Waals surface area contributed by atoms with Gasteiger partial charge in [0, 0.05) is 35.4 Å². The summed E-state index contributed by atoms with van der Waals surface area (Å²) in [6, 6.07) is 13.0. The van der Waals surface area contributed by atoms with Crippen LogP contribution in [0.2, 0.25) is 5.02 Å². The zero-order valence-corrected chi connectivity index (χ0v) is 15.4. The predicted octanol–water partition coefficient (Wildman–Crippen LogP) is 4.19. The lowest BCUT2D eigenvalue weighted by atomic mass is 10.1. The van der Waals surface area contributed by atoms with Crippen molar-refractivity contribution in [1.29, 1.82) is 0 Å². The highest BCUT2D eigenvalue weighted by Gasteiger charge is 2.12. The number of morpholine rings is 1. The molecule has 4 nitrogen and oxygen atoms in total. The van der Waals surface area contributed by atoms with Crippen LogP contribution >= 0.6 is 27.5 Å². The van der Waals surface area contributed by atoms with Crippen molar-refractivity contribution in [3.8, 4) is 0 Å². The van der Waals surface area contributed by atoms with Crippen molar-refractivity contribution >= 4 is 39.1 Å². The summed E-state index contributed by atoms with van der Waals surface area (Å²) in [5, 5.41) is 3.42. The van der Waals surface area contributed by atoms with Crippen LogP contribution in [0.1, 0.15) is 15.9 Å². The zero-order valence-electron chi connectivity index (χ0n) is 13.1. The summed E-state index contributed by atoms with van der Waals surface area (Å²) in [6.07, 6.45) is 0. The maximum Gasteiger partial charge on any atom is 0.255 e. The third-order valence-corrected chi connectivity index (χ3v) is 5.14. The van der Waals surface area contributed by atoms with Crippen LogP contribution in [0.25, 0.3) is 0 Å². The van der Waals surface area contributed by atoms with E-state index in [-0.39, 0.29) is 5.91 Å². The number of hydrogen-bond donors (Lipinski definition) is 1. The molecule has 1 heterocycles. The van der Waals surface area contributed by atoms with Gasteiger partial charge in [0.15, 0.2) is 0 Å². The van der Waals surface area contributed by atoms with Crippen LogP contribution in [0.4, 0.5) is 5.69 Å². The fourth-order valence-electron chi connectivity index (χ4n) is 2.56. The van der Waals surface area contributed by atoms with E-state index in [1.54, 1.807) is 12.1 Å². The van der Waals surface area contributed by atoms with E-state index in [9.17, 15) is 4.79 Å². The average molecular weight is 410 g/mol. The molecular formula is C18H18BrClN2O2. The first-order valence-electron chi connectivity index (χ1n) is 7.77. The van der Waals surface area contributed by atoms with Gasteiger partial charge in [-0.1, -0.05) is 23.7 Å². The number of nitrogens with one attached hydrogen (secondary N) is 1. The van der Waals surface area contributed by atoms with Crippen LogP contribution in [0, 0.1) is 0 Å². The number of halogens is 2. The summed E-state index contributed by atoms with van der Waals surface area (Å²) in [5.74, 6) is -0.147. The maximum atomic E-state index is 12.3. The maximum absolute atomic E-state index is 12.3. The van der Waals surface area contributed by atoms with Crippen molar-refractivity contribution in [3.05, 3.63) is 63.1 Å². The van der Waals surface area contributed by atoms with E-state index < -0.39 is 0 Å². The highest BCUT2D eigenvalue weighted by atomic mass is 79.9. The number of benzene rings is 2. The molecule has 6 heteroatoms. The predicted molar refractivity (Wildman–Crippen MR) is 99.6 cm³/mol. The van der Waals surface area contributed by atoms with Crippen molar-refractivity contribution in [2.45, 2.75) is 6.54 Å². The highest BCUT2D eigenvalue weighted by Crippen LogP contribution is 2.25. The topological polar surface area (TPSA) is 41.6 Å². The Bertz CT molecular complexity index is 715. The van der Waals surface area contributed by atoms with Gasteiger partial charge in [-0.2, -0.15) is 0 Å². The summed E-state index contributed by atoms with van der Waals surface area (Å²) in [7, 11) is 0. The highest BCUT2D eigenvalue weighted by molar-refractivity contribution is 9.10. The molecule has 1 aliphatic rings. The van der Waals surface area contributed by atoms with Crippen molar-refractivity contribution in [2.24, 2.45) is 0 Å². The Balaban J connectivity index is 1.61. The number of nitrogens with zero attached hydrogens (tertiary/aromatic N) is 1. The Hall–Kier alpha value is -1.40. The van der Waals surface area contributed by atoms with Crippen molar-refractivity contribution in [2.75, 3.05) is 31.6 Å². The average Bonchev–Trinajstić information content (AvgIpc) is 2.60. The second kappa shape index (κ2) is 8.12. The molecule has 0 spiro atoms. The van der Waals surface area contributed by atoms with Gasteiger partial charge in [-0.15, -0.1) is 0 Å². The van der Waals surface area contributed by atoms with E-state index >= 15 is 0 Å². The molecule has 0 saturated carbocycles. The van der Waals surface area contributed by atoms with E-state index in [1.807, 2.05) is 30.3 Å². The molecule has 0 bridgehead atoms. The molecule has 2 aromatic carbocycles. The Kier molecular flexibility index (Phi) is 5.89. The smallest absolute Gasteiger partial charge is 0.255 e. The van der Waals surface area contributed by atoms with Crippen molar-refractivity contribution < 1.29 is 9.53 Å². The molecule has 1 N–H and O–H groups in total. The van der Waals surface area contributed by atoms with Crippen LogP contribution in [-0.2, 0) is 11.3 Å². The van der Waals surface area contributed by atoms with Gasteiger partial charge in [-0.05, 0) is 51.8 Å². The molecule has 1 aliphatic heterocycles. The SMILES string of the molecule is O=C(Nc1ccc(Br)c(Cl)c1)c1ccc(CN2CCOCC2)cc1. The van der Waals surface area contributed by atoms with E-state index in [2.05, 4.69) is 26.1 Å². The van der Waals surface area contributed by atoms with Gasteiger partial charge >= 0.3 is 0 Å². The van der Waals surface area contributed by atoms with Gasteiger partial charge in [0.1, 0.15) is 0 Å². The molecule has 0 aliphatic carbocycles. The first kappa shape index (κ1) is 17.4. The van der Waals surface area contributed by atoms with Gasteiger partial charge in [-0.3, -0.25) is 9.69 Å². The number of carbonyl (C=O) groups excluding carboxylic acids is 1. The molecule has 3 rings (SSSR count). The summed E-state index contributed by atoms with van der Waals surface area (Å²) < 4.78 is 6.15. The third-order valence-electron chi connectivity index (χ3n) is 3.90. The first-order chi connectivity index (χ1) is 11.6. The molecule has 0 atom stereocenters. The lowest BCUT2D eigenvalue weighted by molar-refractivity contribution is 0.0342. The molecule has 126 valence electrons. The second-order valence-corrected chi connectivity index (χ2v) is 6.93. The van der Waals surface area contributed by atoms with E-state index in [1.165, 1.54) is 5.56 Å². The number of amides is 1. The summed E-state index contributed by atoms with van der Waals surface area (Å²) in [4.78, 5) is 14.7. The van der Waals surface area contributed by atoms with Crippen LogP contribution in [0.3, 0.4) is 0 Å². The number of rotatable bonds is 4. The van der Waals surface area contributed by atoms with Crippen molar-refractivity contribution in [1.82, 2.24) is 4.90 Å². The fraction of sp³-hybridized carbons (Fsp3) is 0.278. The first-order valence-corrected chi connectivity index (χ1v) is 8.94.